The number of rotatable bonds is 5. The Balaban J connectivity index is 1.71. The summed E-state index contributed by atoms with van der Waals surface area (Å²) in [5, 5.41) is 9.00. The van der Waals surface area contributed by atoms with Gasteiger partial charge in [0.2, 0.25) is 0 Å². The van der Waals surface area contributed by atoms with Crippen molar-refractivity contribution in [1.29, 1.82) is 0 Å². The normalized spacial score (nSPS) is 19.7. The van der Waals surface area contributed by atoms with Crippen LogP contribution in [0.2, 0.25) is 10.2 Å². The second-order valence-electron chi connectivity index (χ2n) is 6.08. The first kappa shape index (κ1) is 17.7. The van der Waals surface area contributed by atoms with E-state index in [2.05, 4.69) is 10.4 Å². The molecule has 0 amide bonds. The summed E-state index contributed by atoms with van der Waals surface area (Å²) in [5.74, 6) is 0.445. The zero-order chi connectivity index (χ0) is 17.3. The molecule has 2 aromatic rings. The van der Waals surface area contributed by atoms with E-state index in [9.17, 15) is 8.42 Å². The fraction of sp³-hybridized carbons (Fsp3) is 0.438. The molecule has 0 spiro atoms. The van der Waals surface area contributed by atoms with Gasteiger partial charge in [0.1, 0.15) is 5.15 Å². The van der Waals surface area contributed by atoms with Crippen LogP contribution >= 0.6 is 23.2 Å². The second-order valence-corrected chi connectivity index (χ2v) is 9.08. The molecular weight excluding hydrogens is 369 g/mol. The predicted octanol–water partition coefficient (Wildman–Crippen LogP) is 2.82. The van der Waals surface area contributed by atoms with E-state index < -0.39 is 9.84 Å². The monoisotopic (exact) mass is 387 g/mol. The molecule has 2 heterocycles. The Bertz CT molecular complexity index is 849. The van der Waals surface area contributed by atoms with Crippen molar-refractivity contribution in [3.8, 4) is 0 Å². The molecule has 0 bridgehead atoms. The maximum atomic E-state index is 11.5. The highest BCUT2D eigenvalue weighted by atomic mass is 35.5. The van der Waals surface area contributed by atoms with Crippen molar-refractivity contribution >= 4 is 33.0 Å². The van der Waals surface area contributed by atoms with E-state index in [1.807, 2.05) is 31.2 Å². The van der Waals surface area contributed by atoms with Crippen LogP contribution in [-0.4, -0.2) is 35.7 Å². The van der Waals surface area contributed by atoms with E-state index in [4.69, 9.17) is 23.2 Å². The summed E-state index contributed by atoms with van der Waals surface area (Å²) < 4.78 is 24.8. The zero-order valence-electron chi connectivity index (χ0n) is 13.3. The fourth-order valence-corrected chi connectivity index (χ4v) is 5.09. The lowest BCUT2D eigenvalue weighted by Crippen LogP contribution is -2.29. The van der Waals surface area contributed by atoms with Crippen molar-refractivity contribution in [2.24, 2.45) is 0 Å². The molecule has 1 unspecified atom stereocenters. The Hall–Kier alpha value is -1.08. The summed E-state index contributed by atoms with van der Waals surface area (Å²) >= 11 is 12.7. The highest BCUT2D eigenvalue weighted by Gasteiger charge is 2.28. The first-order valence-corrected chi connectivity index (χ1v) is 10.3. The molecule has 1 saturated heterocycles. The Labute approximate surface area is 151 Å². The number of nitrogens with one attached hydrogen (secondary N) is 1. The molecule has 1 atom stereocenters. The van der Waals surface area contributed by atoms with Gasteiger partial charge in [0.25, 0.3) is 0 Å². The average Bonchev–Trinajstić information content (AvgIpc) is 3.00. The largest absolute Gasteiger partial charge is 0.309 e. The molecule has 8 heteroatoms. The summed E-state index contributed by atoms with van der Waals surface area (Å²) in [5.41, 5.74) is 2.68. The molecular formula is C16H19Cl2N3O2S. The SMILES string of the molecule is Cc1nn(Cc2ccccc2Cl)c(Cl)c1CNC1CCS(=O)(=O)C1. The minimum atomic E-state index is -2.89. The van der Waals surface area contributed by atoms with Gasteiger partial charge in [-0.05, 0) is 25.0 Å². The van der Waals surface area contributed by atoms with E-state index in [1.165, 1.54) is 0 Å². The van der Waals surface area contributed by atoms with E-state index in [0.29, 0.717) is 29.7 Å². The third kappa shape index (κ3) is 3.94. The lowest BCUT2D eigenvalue weighted by molar-refractivity contribution is 0.553. The van der Waals surface area contributed by atoms with E-state index >= 15 is 0 Å². The zero-order valence-corrected chi connectivity index (χ0v) is 15.6. The Morgan fingerprint density at radius 1 is 1.33 bits per heavy atom. The standard InChI is InChI=1S/C16H19Cl2N3O2S/c1-11-14(8-19-13-6-7-24(22,23)10-13)16(18)21(20-11)9-12-4-2-3-5-15(12)17/h2-5,13,19H,6-10H2,1H3. The maximum absolute atomic E-state index is 11.5. The third-order valence-electron chi connectivity index (χ3n) is 4.26. The lowest BCUT2D eigenvalue weighted by atomic mass is 10.2. The van der Waals surface area contributed by atoms with E-state index in [-0.39, 0.29) is 17.5 Å². The summed E-state index contributed by atoms with van der Waals surface area (Å²) in [6.07, 6.45) is 0.646. The summed E-state index contributed by atoms with van der Waals surface area (Å²) in [7, 11) is -2.89. The smallest absolute Gasteiger partial charge is 0.151 e. The molecule has 24 heavy (non-hydrogen) atoms. The molecule has 5 nitrogen and oxygen atoms in total. The van der Waals surface area contributed by atoms with Gasteiger partial charge in [-0.3, -0.25) is 0 Å². The van der Waals surface area contributed by atoms with Gasteiger partial charge in [0.05, 0.1) is 23.7 Å². The number of sulfone groups is 1. The average molecular weight is 388 g/mol. The van der Waals surface area contributed by atoms with Crippen LogP contribution in [0.25, 0.3) is 0 Å². The van der Waals surface area contributed by atoms with Crippen molar-refractivity contribution in [1.82, 2.24) is 15.1 Å². The number of halogens is 2. The maximum Gasteiger partial charge on any atom is 0.151 e. The number of aryl methyl sites for hydroxylation is 1. The van der Waals surface area contributed by atoms with Gasteiger partial charge in [-0.15, -0.1) is 0 Å². The summed E-state index contributed by atoms with van der Waals surface area (Å²) in [6.45, 7) is 2.90. The molecule has 1 aliphatic heterocycles. The highest BCUT2D eigenvalue weighted by Crippen LogP contribution is 2.24. The van der Waals surface area contributed by atoms with Crippen LogP contribution in [0.3, 0.4) is 0 Å². The number of nitrogens with zero attached hydrogens (tertiary/aromatic N) is 2. The minimum Gasteiger partial charge on any atom is -0.309 e. The molecule has 1 aromatic heterocycles. The molecule has 1 aliphatic rings. The summed E-state index contributed by atoms with van der Waals surface area (Å²) in [6, 6.07) is 7.57. The van der Waals surface area contributed by atoms with Crippen LogP contribution in [0.15, 0.2) is 24.3 Å². The Morgan fingerprint density at radius 2 is 2.08 bits per heavy atom. The predicted molar refractivity (Wildman–Crippen MR) is 96.4 cm³/mol. The van der Waals surface area contributed by atoms with Crippen molar-refractivity contribution < 1.29 is 8.42 Å². The summed E-state index contributed by atoms with van der Waals surface area (Å²) in [4.78, 5) is 0. The van der Waals surface area contributed by atoms with Gasteiger partial charge in [-0.2, -0.15) is 5.10 Å². The Kier molecular flexibility index (Phi) is 5.20. The Morgan fingerprint density at radius 3 is 2.75 bits per heavy atom. The second kappa shape index (κ2) is 7.04. The molecule has 1 aromatic carbocycles. The third-order valence-corrected chi connectivity index (χ3v) is 6.82. The van der Waals surface area contributed by atoms with Gasteiger partial charge < -0.3 is 5.32 Å². The quantitative estimate of drug-likeness (QED) is 0.856. The van der Waals surface area contributed by atoms with Gasteiger partial charge in [-0.25, -0.2) is 13.1 Å². The van der Waals surface area contributed by atoms with Gasteiger partial charge in [0.15, 0.2) is 9.84 Å². The molecule has 3 rings (SSSR count). The van der Waals surface area contributed by atoms with Gasteiger partial charge >= 0.3 is 0 Å². The van der Waals surface area contributed by atoms with Crippen LogP contribution in [0.5, 0.6) is 0 Å². The van der Waals surface area contributed by atoms with Crippen molar-refractivity contribution in [2.45, 2.75) is 32.5 Å². The fourth-order valence-electron chi connectivity index (χ4n) is 2.89. The number of aromatic nitrogens is 2. The minimum absolute atomic E-state index is 0.0163. The highest BCUT2D eigenvalue weighted by molar-refractivity contribution is 7.91. The van der Waals surface area contributed by atoms with E-state index in [0.717, 1.165) is 16.8 Å². The molecule has 130 valence electrons. The first-order valence-electron chi connectivity index (χ1n) is 7.75. The molecule has 0 aliphatic carbocycles. The number of hydrogen-bond donors (Lipinski definition) is 1. The number of hydrogen-bond acceptors (Lipinski definition) is 4. The van der Waals surface area contributed by atoms with Crippen molar-refractivity contribution in [3.05, 3.63) is 51.3 Å². The molecule has 1 fully saturated rings. The van der Waals surface area contributed by atoms with E-state index in [1.54, 1.807) is 4.68 Å². The van der Waals surface area contributed by atoms with Crippen molar-refractivity contribution in [3.63, 3.8) is 0 Å². The van der Waals surface area contributed by atoms with Crippen molar-refractivity contribution in [2.75, 3.05) is 11.5 Å². The van der Waals surface area contributed by atoms with Gasteiger partial charge in [-0.1, -0.05) is 41.4 Å². The van der Waals surface area contributed by atoms with Crippen LogP contribution in [0.4, 0.5) is 0 Å². The van der Waals surface area contributed by atoms with Crippen LogP contribution < -0.4 is 5.32 Å². The molecule has 0 saturated carbocycles. The topological polar surface area (TPSA) is 64.0 Å². The van der Waals surface area contributed by atoms with Crippen LogP contribution in [0.1, 0.15) is 23.2 Å². The van der Waals surface area contributed by atoms with Gasteiger partial charge in [0, 0.05) is 23.2 Å². The van der Waals surface area contributed by atoms with Crippen LogP contribution in [-0.2, 0) is 22.9 Å². The molecule has 0 radical (unpaired) electrons. The van der Waals surface area contributed by atoms with Crippen LogP contribution in [0, 0.1) is 6.92 Å². The lowest BCUT2D eigenvalue weighted by Gasteiger charge is -2.10. The first-order chi connectivity index (χ1) is 11.4. The molecule has 1 N–H and O–H groups in total. The number of benzene rings is 1.